The summed E-state index contributed by atoms with van der Waals surface area (Å²) in [5.41, 5.74) is 0.362. The van der Waals surface area contributed by atoms with Gasteiger partial charge in [0.2, 0.25) is 0 Å². The number of amides is 1. The Morgan fingerprint density at radius 1 is 1.19 bits per heavy atom. The van der Waals surface area contributed by atoms with Crippen molar-refractivity contribution in [2.24, 2.45) is 4.99 Å². The second-order valence-electron chi connectivity index (χ2n) is 6.66. The first-order valence-corrected chi connectivity index (χ1v) is 10.2. The number of aliphatic imine (C=N–C) groups is 1. The summed E-state index contributed by atoms with van der Waals surface area (Å²) in [4.78, 5) is 18.7. The number of hydrogen-bond donors (Lipinski definition) is 0. The molecular weight excluding hydrogens is 371 g/mol. The zero-order chi connectivity index (χ0) is 19.4. The van der Waals surface area contributed by atoms with Crippen LogP contribution in [0.5, 0.6) is 0 Å². The van der Waals surface area contributed by atoms with E-state index in [4.69, 9.17) is 4.74 Å². The molecule has 2 heterocycles. The third-order valence-corrected chi connectivity index (χ3v) is 6.17. The molecule has 2 unspecified atom stereocenters. The molecule has 2 aromatic rings. The van der Waals surface area contributed by atoms with Gasteiger partial charge in [-0.2, -0.15) is 0 Å². The van der Waals surface area contributed by atoms with Gasteiger partial charge >= 0.3 is 0 Å². The lowest BCUT2D eigenvalue weighted by molar-refractivity contribution is -0.147. The summed E-state index contributed by atoms with van der Waals surface area (Å²) in [6.45, 7) is 0. The summed E-state index contributed by atoms with van der Waals surface area (Å²) in [5, 5.41) is -0.0451. The number of sulfone groups is 1. The highest BCUT2D eigenvalue weighted by atomic mass is 32.2. The summed E-state index contributed by atoms with van der Waals surface area (Å²) in [6, 6.07) is 12.5. The number of anilines is 1. The van der Waals surface area contributed by atoms with Crippen LogP contribution in [0.2, 0.25) is 0 Å². The molecule has 2 aromatic carbocycles. The van der Waals surface area contributed by atoms with E-state index >= 15 is 0 Å². The molecule has 1 fully saturated rings. The lowest BCUT2D eigenvalue weighted by Gasteiger charge is -2.56. The van der Waals surface area contributed by atoms with Gasteiger partial charge in [0.05, 0.1) is 11.4 Å². The van der Waals surface area contributed by atoms with Crippen molar-refractivity contribution < 1.29 is 22.3 Å². The summed E-state index contributed by atoms with van der Waals surface area (Å²) in [5.74, 6) is -0.716. The van der Waals surface area contributed by atoms with E-state index in [1.165, 1.54) is 24.1 Å². The lowest BCUT2D eigenvalue weighted by atomic mass is 9.72. The minimum atomic E-state index is -3.64. The van der Waals surface area contributed by atoms with Gasteiger partial charge in [0.15, 0.2) is 15.9 Å². The minimum Gasteiger partial charge on any atom is -0.369 e. The number of nitrogens with zero attached hydrogens (tertiary/aromatic N) is 2. The fourth-order valence-corrected chi connectivity index (χ4v) is 4.60. The zero-order valence-electron chi connectivity index (χ0n) is 14.7. The van der Waals surface area contributed by atoms with Gasteiger partial charge in [-0.05, 0) is 29.8 Å². The van der Waals surface area contributed by atoms with E-state index in [-0.39, 0.29) is 17.4 Å². The number of para-hydroxylation sites is 2. The molecule has 1 amide bonds. The average Bonchev–Trinajstić information content (AvgIpc) is 2.75. The van der Waals surface area contributed by atoms with Gasteiger partial charge in [-0.25, -0.2) is 17.8 Å². The molecule has 1 saturated heterocycles. The Hall–Kier alpha value is -2.58. The Kier molecular flexibility index (Phi) is 3.94. The van der Waals surface area contributed by atoms with Gasteiger partial charge in [-0.3, -0.25) is 9.69 Å². The van der Waals surface area contributed by atoms with Crippen LogP contribution >= 0.6 is 0 Å². The van der Waals surface area contributed by atoms with Crippen LogP contribution in [0.3, 0.4) is 0 Å². The van der Waals surface area contributed by atoms with Crippen molar-refractivity contribution in [2.45, 2.75) is 18.1 Å². The molecule has 140 valence electrons. The highest BCUT2D eigenvalue weighted by Gasteiger charge is 2.64. The van der Waals surface area contributed by atoms with E-state index in [1.807, 2.05) is 0 Å². The minimum absolute atomic E-state index is 0.0451. The van der Waals surface area contributed by atoms with E-state index < -0.39 is 27.3 Å². The van der Waals surface area contributed by atoms with E-state index in [0.29, 0.717) is 16.9 Å². The first-order chi connectivity index (χ1) is 12.8. The molecule has 0 spiro atoms. The maximum absolute atomic E-state index is 13.5. The van der Waals surface area contributed by atoms with Crippen LogP contribution in [-0.4, -0.2) is 38.8 Å². The molecule has 0 radical (unpaired) electrons. The second kappa shape index (κ2) is 5.97. The van der Waals surface area contributed by atoms with Crippen LogP contribution in [0.4, 0.5) is 15.8 Å². The van der Waals surface area contributed by atoms with E-state index in [9.17, 15) is 17.6 Å². The van der Waals surface area contributed by atoms with Crippen molar-refractivity contribution in [2.75, 3.05) is 18.3 Å². The molecule has 2 aliphatic heterocycles. The second-order valence-corrected chi connectivity index (χ2v) is 8.68. The predicted molar refractivity (Wildman–Crippen MR) is 99.4 cm³/mol. The van der Waals surface area contributed by atoms with Gasteiger partial charge in [0, 0.05) is 19.8 Å². The van der Waals surface area contributed by atoms with Crippen LogP contribution in [0.15, 0.2) is 53.5 Å². The molecule has 4 rings (SSSR count). The smallest absolute Gasteiger partial charge is 0.259 e. The van der Waals surface area contributed by atoms with Crippen LogP contribution in [0.25, 0.3) is 0 Å². The molecule has 0 aromatic heterocycles. The van der Waals surface area contributed by atoms with Crippen LogP contribution in [0, 0.1) is 5.82 Å². The van der Waals surface area contributed by atoms with Crippen molar-refractivity contribution >= 4 is 32.2 Å². The van der Waals surface area contributed by atoms with Crippen molar-refractivity contribution in [3.8, 4) is 0 Å². The third-order valence-electron chi connectivity index (χ3n) is 5.07. The van der Waals surface area contributed by atoms with E-state index in [0.717, 1.165) is 6.26 Å². The summed E-state index contributed by atoms with van der Waals surface area (Å²) in [7, 11) is -2.23. The number of halogens is 1. The average molecular weight is 388 g/mol. The van der Waals surface area contributed by atoms with Crippen LogP contribution in [0.1, 0.15) is 12.0 Å². The quantitative estimate of drug-likeness (QED) is 0.741. The summed E-state index contributed by atoms with van der Waals surface area (Å²) >= 11 is 0. The molecule has 0 bridgehead atoms. The Morgan fingerprint density at radius 3 is 2.48 bits per heavy atom. The third kappa shape index (κ3) is 2.51. The molecule has 0 saturated carbocycles. The van der Waals surface area contributed by atoms with Crippen LogP contribution < -0.4 is 4.90 Å². The number of carbonyl (C=O) groups is 1. The van der Waals surface area contributed by atoms with E-state index in [2.05, 4.69) is 4.99 Å². The molecule has 27 heavy (non-hydrogen) atoms. The van der Waals surface area contributed by atoms with Crippen LogP contribution in [-0.2, 0) is 24.9 Å². The predicted octanol–water partition coefficient (Wildman–Crippen LogP) is 2.56. The van der Waals surface area contributed by atoms with Crippen molar-refractivity contribution in [3.63, 3.8) is 0 Å². The maximum atomic E-state index is 13.5. The number of β-lactam (4-membered cyclic amide) rings is 1. The van der Waals surface area contributed by atoms with Gasteiger partial charge < -0.3 is 4.74 Å². The highest BCUT2D eigenvalue weighted by molar-refractivity contribution is 8.05. The van der Waals surface area contributed by atoms with Crippen molar-refractivity contribution in [3.05, 3.63) is 59.9 Å². The highest BCUT2D eigenvalue weighted by Crippen LogP contribution is 2.53. The van der Waals surface area contributed by atoms with Gasteiger partial charge in [0.25, 0.3) is 5.91 Å². The number of rotatable bonds is 2. The molecule has 0 aliphatic carbocycles. The molecule has 2 atom stereocenters. The number of carbonyl (C=O) groups excluding carboxylic acids is 1. The SMILES string of the molecule is COC1C(=O)N2c3ccccc3N=C(S(C)(=O)=O)CC12c1ccc(F)cc1. The monoisotopic (exact) mass is 388 g/mol. The number of methoxy groups -OCH3 is 1. The number of ether oxygens (including phenoxy) is 1. The normalized spacial score (nSPS) is 24.4. The molecule has 0 N–H and O–H groups in total. The van der Waals surface area contributed by atoms with Crippen molar-refractivity contribution in [1.29, 1.82) is 0 Å². The molecule has 6 nitrogen and oxygen atoms in total. The number of hydrogen-bond acceptors (Lipinski definition) is 5. The maximum Gasteiger partial charge on any atom is 0.259 e. The largest absolute Gasteiger partial charge is 0.369 e. The fourth-order valence-electron chi connectivity index (χ4n) is 3.86. The zero-order valence-corrected chi connectivity index (χ0v) is 15.5. The molecular formula is C19H17FN2O4S. The number of fused-ring (bicyclic) bond motifs is 3. The Labute approximate surface area is 156 Å². The van der Waals surface area contributed by atoms with Gasteiger partial charge in [0.1, 0.15) is 16.4 Å². The summed E-state index contributed by atoms with van der Waals surface area (Å²) in [6.07, 6.45) is 0.127. The van der Waals surface area contributed by atoms with Gasteiger partial charge in [-0.15, -0.1) is 0 Å². The first kappa shape index (κ1) is 17.8. The molecule has 2 aliphatic rings. The van der Waals surface area contributed by atoms with E-state index in [1.54, 1.807) is 36.4 Å². The Morgan fingerprint density at radius 2 is 1.85 bits per heavy atom. The summed E-state index contributed by atoms with van der Waals surface area (Å²) < 4.78 is 43.7. The van der Waals surface area contributed by atoms with Gasteiger partial charge in [-0.1, -0.05) is 24.3 Å². The Bertz CT molecular complexity index is 1070. The first-order valence-electron chi connectivity index (χ1n) is 8.28. The lowest BCUT2D eigenvalue weighted by Crippen LogP contribution is -2.73. The standard InChI is InChI=1S/C19H17FN2O4S/c1-26-17-18(23)22-15-6-4-3-5-14(15)21-16(27(2,24)25)11-19(17,22)12-7-9-13(20)10-8-12/h3-10,17H,11H2,1-2H3. The molecule has 8 heteroatoms. The van der Waals surface area contributed by atoms with Crippen molar-refractivity contribution in [1.82, 2.24) is 0 Å². The fraction of sp³-hybridized carbons (Fsp3) is 0.263. The number of benzene rings is 2. The Balaban J connectivity index is 2.02. The topological polar surface area (TPSA) is 76.0 Å².